The third-order valence-electron chi connectivity index (χ3n) is 2.72. The van der Waals surface area contributed by atoms with E-state index < -0.39 is 0 Å². The first kappa shape index (κ1) is 14.2. The van der Waals surface area contributed by atoms with Gasteiger partial charge in [-0.05, 0) is 38.8 Å². The summed E-state index contributed by atoms with van der Waals surface area (Å²) in [5.74, 6) is 1.37. The monoisotopic (exact) mass is 248 g/mol. The molecule has 0 spiro atoms. The number of benzene rings is 1. The third kappa shape index (κ3) is 4.17. The van der Waals surface area contributed by atoms with E-state index in [0.717, 1.165) is 12.8 Å². The molecule has 2 N–H and O–H groups in total. The Morgan fingerprint density at radius 3 is 2.67 bits per heavy atom. The van der Waals surface area contributed by atoms with Crippen molar-refractivity contribution in [1.29, 1.82) is 5.26 Å². The minimum atomic E-state index is -0.297. The Morgan fingerprint density at radius 2 is 2.11 bits per heavy atom. The molecule has 0 saturated carbocycles. The quantitative estimate of drug-likeness (QED) is 0.620. The van der Waals surface area contributed by atoms with Gasteiger partial charge in [-0.1, -0.05) is 0 Å². The minimum absolute atomic E-state index is 0.297. The average Bonchev–Trinajstić information content (AvgIpc) is 2.36. The van der Waals surface area contributed by atoms with Gasteiger partial charge < -0.3 is 15.2 Å². The second-order valence-electron chi connectivity index (χ2n) is 4.85. The summed E-state index contributed by atoms with van der Waals surface area (Å²) in [6, 6.07) is 7.61. The number of hydrogen-bond acceptors (Lipinski definition) is 4. The fraction of sp³-hybridized carbons (Fsp3) is 0.500. The Morgan fingerprint density at radius 1 is 1.39 bits per heavy atom. The molecule has 0 bridgehead atoms. The summed E-state index contributed by atoms with van der Waals surface area (Å²) in [5.41, 5.74) is 6.10. The molecule has 0 atom stereocenters. The fourth-order valence-corrected chi connectivity index (χ4v) is 1.54. The van der Waals surface area contributed by atoms with Crippen molar-refractivity contribution in [3.8, 4) is 17.6 Å². The van der Waals surface area contributed by atoms with Gasteiger partial charge in [0.2, 0.25) is 0 Å². The van der Waals surface area contributed by atoms with Crippen LogP contribution in [0.4, 0.5) is 5.69 Å². The smallest absolute Gasteiger partial charge is 0.142 e. The van der Waals surface area contributed by atoms with Crippen LogP contribution in [0.2, 0.25) is 0 Å². The molecule has 0 aliphatic heterocycles. The summed E-state index contributed by atoms with van der Waals surface area (Å²) in [6.07, 6.45) is 1.63. The molecular weight excluding hydrogens is 228 g/mol. The lowest BCUT2D eigenvalue weighted by Crippen LogP contribution is -2.10. The van der Waals surface area contributed by atoms with E-state index in [1.54, 1.807) is 19.2 Å². The van der Waals surface area contributed by atoms with Crippen LogP contribution in [-0.4, -0.2) is 13.7 Å². The number of nitrogens with zero attached hydrogens (tertiary/aromatic N) is 1. The zero-order chi connectivity index (χ0) is 13.6. The summed E-state index contributed by atoms with van der Waals surface area (Å²) in [7, 11) is 1.60. The highest BCUT2D eigenvalue weighted by atomic mass is 16.5. The molecule has 0 aromatic heterocycles. The molecule has 4 heteroatoms. The highest BCUT2D eigenvalue weighted by Crippen LogP contribution is 2.27. The van der Waals surface area contributed by atoms with Gasteiger partial charge in [-0.25, -0.2) is 0 Å². The van der Waals surface area contributed by atoms with E-state index in [1.807, 2.05) is 19.9 Å². The SMILES string of the molecule is COc1ccc(OCCCC(C)(C)C#N)c(N)c1. The Bertz CT molecular complexity index is 436. The summed E-state index contributed by atoms with van der Waals surface area (Å²) in [6.45, 7) is 4.41. The van der Waals surface area contributed by atoms with Crippen LogP contribution in [-0.2, 0) is 0 Å². The molecule has 0 heterocycles. The van der Waals surface area contributed by atoms with E-state index in [1.165, 1.54) is 0 Å². The summed E-state index contributed by atoms with van der Waals surface area (Å²) >= 11 is 0. The van der Waals surface area contributed by atoms with Crippen molar-refractivity contribution in [3.63, 3.8) is 0 Å². The van der Waals surface area contributed by atoms with Crippen molar-refractivity contribution in [2.24, 2.45) is 5.41 Å². The van der Waals surface area contributed by atoms with Crippen LogP contribution in [0.1, 0.15) is 26.7 Å². The number of ether oxygens (including phenoxy) is 2. The van der Waals surface area contributed by atoms with Gasteiger partial charge in [0.15, 0.2) is 0 Å². The molecule has 1 aromatic carbocycles. The van der Waals surface area contributed by atoms with Crippen LogP contribution < -0.4 is 15.2 Å². The maximum atomic E-state index is 8.89. The first-order chi connectivity index (χ1) is 8.48. The number of anilines is 1. The first-order valence-corrected chi connectivity index (χ1v) is 5.96. The Labute approximate surface area is 108 Å². The van der Waals surface area contributed by atoms with E-state index in [-0.39, 0.29) is 5.41 Å². The zero-order valence-corrected chi connectivity index (χ0v) is 11.2. The molecule has 0 amide bonds. The molecule has 18 heavy (non-hydrogen) atoms. The molecule has 98 valence electrons. The van der Waals surface area contributed by atoms with Crippen molar-refractivity contribution in [1.82, 2.24) is 0 Å². The number of rotatable bonds is 6. The summed E-state index contributed by atoms with van der Waals surface area (Å²) in [4.78, 5) is 0. The fourth-order valence-electron chi connectivity index (χ4n) is 1.54. The van der Waals surface area contributed by atoms with Crippen LogP contribution in [0.3, 0.4) is 0 Å². The predicted octanol–water partition coefficient (Wildman–Crippen LogP) is 2.99. The van der Waals surface area contributed by atoms with Crippen LogP contribution in [0.15, 0.2) is 18.2 Å². The first-order valence-electron chi connectivity index (χ1n) is 5.96. The van der Waals surface area contributed by atoms with Gasteiger partial charge in [0, 0.05) is 6.07 Å². The third-order valence-corrected chi connectivity index (χ3v) is 2.72. The second-order valence-corrected chi connectivity index (χ2v) is 4.85. The molecule has 0 saturated heterocycles. The van der Waals surface area contributed by atoms with Gasteiger partial charge in [0.05, 0.1) is 30.9 Å². The number of nitrogen functional groups attached to an aromatic ring is 1. The van der Waals surface area contributed by atoms with Gasteiger partial charge in [0.25, 0.3) is 0 Å². The van der Waals surface area contributed by atoms with Gasteiger partial charge in [-0.15, -0.1) is 0 Å². The van der Waals surface area contributed by atoms with Crippen molar-refractivity contribution >= 4 is 5.69 Å². The minimum Gasteiger partial charge on any atom is -0.497 e. The lowest BCUT2D eigenvalue weighted by Gasteiger charge is -2.15. The van der Waals surface area contributed by atoms with Gasteiger partial charge in [-0.2, -0.15) is 5.26 Å². The zero-order valence-electron chi connectivity index (χ0n) is 11.2. The van der Waals surface area contributed by atoms with Crippen LogP contribution in [0.25, 0.3) is 0 Å². The number of methoxy groups -OCH3 is 1. The topological polar surface area (TPSA) is 68.3 Å². The molecular formula is C14H20N2O2. The lowest BCUT2D eigenvalue weighted by molar-refractivity contribution is 0.285. The van der Waals surface area contributed by atoms with Crippen LogP contribution in [0.5, 0.6) is 11.5 Å². The Kier molecular flexibility index (Phi) is 4.85. The van der Waals surface area contributed by atoms with Gasteiger partial charge in [0.1, 0.15) is 11.5 Å². The van der Waals surface area contributed by atoms with Crippen molar-refractivity contribution in [2.45, 2.75) is 26.7 Å². The average molecular weight is 248 g/mol. The molecule has 4 nitrogen and oxygen atoms in total. The molecule has 0 radical (unpaired) electrons. The summed E-state index contributed by atoms with van der Waals surface area (Å²) < 4.78 is 10.6. The standard InChI is InChI=1S/C14H20N2O2/c1-14(2,10-15)7-4-8-18-13-6-5-11(17-3)9-12(13)16/h5-6,9H,4,7-8,16H2,1-3H3. The van der Waals surface area contributed by atoms with E-state index in [9.17, 15) is 0 Å². The molecule has 0 aliphatic carbocycles. The maximum Gasteiger partial charge on any atom is 0.142 e. The Balaban J connectivity index is 2.43. The Hall–Kier alpha value is -1.89. The van der Waals surface area contributed by atoms with Crippen molar-refractivity contribution in [3.05, 3.63) is 18.2 Å². The second kappa shape index (κ2) is 6.15. The number of nitriles is 1. The van der Waals surface area contributed by atoms with E-state index in [0.29, 0.717) is 23.8 Å². The number of hydrogen-bond donors (Lipinski definition) is 1. The van der Waals surface area contributed by atoms with Crippen molar-refractivity contribution in [2.75, 3.05) is 19.5 Å². The van der Waals surface area contributed by atoms with E-state index >= 15 is 0 Å². The highest BCUT2D eigenvalue weighted by Gasteiger charge is 2.15. The van der Waals surface area contributed by atoms with Gasteiger partial charge >= 0.3 is 0 Å². The largest absolute Gasteiger partial charge is 0.497 e. The number of nitrogens with two attached hydrogens (primary N) is 1. The van der Waals surface area contributed by atoms with Crippen LogP contribution in [0, 0.1) is 16.7 Å². The van der Waals surface area contributed by atoms with E-state index in [2.05, 4.69) is 6.07 Å². The molecule has 1 rings (SSSR count). The summed E-state index contributed by atoms with van der Waals surface area (Å²) in [5, 5.41) is 8.89. The van der Waals surface area contributed by atoms with Gasteiger partial charge in [-0.3, -0.25) is 0 Å². The lowest BCUT2D eigenvalue weighted by atomic mass is 9.90. The van der Waals surface area contributed by atoms with E-state index in [4.69, 9.17) is 20.5 Å². The molecule has 1 aromatic rings. The molecule has 0 unspecified atom stereocenters. The highest BCUT2D eigenvalue weighted by molar-refractivity contribution is 5.56. The normalized spacial score (nSPS) is 10.8. The van der Waals surface area contributed by atoms with Crippen molar-refractivity contribution < 1.29 is 9.47 Å². The maximum absolute atomic E-state index is 8.89. The predicted molar refractivity (Wildman–Crippen MR) is 71.5 cm³/mol. The van der Waals surface area contributed by atoms with Crippen LogP contribution >= 0.6 is 0 Å². The molecule has 0 aliphatic rings. The molecule has 0 fully saturated rings.